The van der Waals surface area contributed by atoms with Crippen molar-refractivity contribution in [2.75, 3.05) is 20.3 Å². The van der Waals surface area contributed by atoms with E-state index in [0.717, 1.165) is 4.57 Å². The molecule has 0 saturated carbocycles. The summed E-state index contributed by atoms with van der Waals surface area (Å²) < 4.78 is 11.7. The highest BCUT2D eigenvalue weighted by atomic mass is 16.6. The molecule has 0 radical (unpaired) electrons. The van der Waals surface area contributed by atoms with E-state index in [1.165, 1.54) is 20.2 Å². The molecule has 1 aromatic rings. The summed E-state index contributed by atoms with van der Waals surface area (Å²) in [5.41, 5.74) is 5.89. The van der Waals surface area contributed by atoms with Gasteiger partial charge in [-0.05, 0) is 12.5 Å². The van der Waals surface area contributed by atoms with Gasteiger partial charge in [0.05, 0.1) is 13.2 Å². The largest absolute Gasteiger partial charge is 0.393 e. The Hall–Kier alpha value is -2.17. The summed E-state index contributed by atoms with van der Waals surface area (Å²) in [7, 11) is 1.30. The summed E-state index contributed by atoms with van der Waals surface area (Å²) in [5.74, 6) is 0. The van der Waals surface area contributed by atoms with Crippen LogP contribution in [0.5, 0.6) is 0 Å². The lowest BCUT2D eigenvalue weighted by atomic mass is 9.94. The van der Waals surface area contributed by atoms with Gasteiger partial charge in [-0.3, -0.25) is 14.3 Å². The maximum Gasteiger partial charge on any atom is 0.330 e. The fourth-order valence-corrected chi connectivity index (χ4v) is 2.51. The first-order chi connectivity index (χ1) is 10.9. The highest BCUT2D eigenvalue weighted by Crippen LogP contribution is 2.33. The predicted octanol–water partition coefficient (Wildman–Crippen LogP) is -1.21. The number of aryl methyl sites for hydroxylation is 1. The zero-order valence-corrected chi connectivity index (χ0v) is 12.5. The van der Waals surface area contributed by atoms with Crippen LogP contribution in [-0.2, 0) is 9.47 Å². The third kappa shape index (κ3) is 3.00. The molecule has 0 aromatic carbocycles. The number of nitrogens with one attached hydrogen (secondary N) is 1. The number of hydrogen-bond donors (Lipinski definition) is 3. The van der Waals surface area contributed by atoms with E-state index in [4.69, 9.17) is 15.0 Å². The summed E-state index contributed by atoms with van der Waals surface area (Å²) in [6.45, 7) is 0.518. The summed E-state index contributed by atoms with van der Waals surface area (Å²) in [5, 5.41) is 23.1. The van der Waals surface area contributed by atoms with E-state index in [-0.39, 0.29) is 12.2 Å². The molecule has 126 valence electrons. The van der Waals surface area contributed by atoms with Crippen molar-refractivity contribution in [3.63, 3.8) is 0 Å². The van der Waals surface area contributed by atoms with E-state index < -0.39 is 41.8 Å². The van der Waals surface area contributed by atoms with Crippen LogP contribution in [-0.4, -0.2) is 57.8 Å². The molecule has 1 fully saturated rings. The summed E-state index contributed by atoms with van der Waals surface area (Å²) in [6, 6.07) is -1.18. The topological polar surface area (TPSA) is 163 Å². The van der Waals surface area contributed by atoms with Crippen LogP contribution in [0.1, 0.15) is 11.8 Å². The van der Waals surface area contributed by atoms with Crippen molar-refractivity contribution in [1.82, 2.24) is 9.55 Å². The number of methoxy groups -OCH3 is 1. The van der Waals surface area contributed by atoms with Gasteiger partial charge >= 0.3 is 5.69 Å². The molecule has 0 bridgehead atoms. The normalized spacial score (nSPS) is 28.3. The number of aliphatic hydroxyl groups excluding tert-OH is 1. The van der Waals surface area contributed by atoms with E-state index in [1.54, 1.807) is 0 Å². The molecule has 1 saturated heterocycles. The number of H-pyrrole nitrogens is 1. The SMILES string of the molecule is CO[C@@H]([C@@H]1OC[C@@](O)(CO)[C@H]1N=[N+]=[N-])n1cc(C)c(=O)[nH]c1=O. The van der Waals surface area contributed by atoms with E-state index in [1.807, 2.05) is 0 Å². The van der Waals surface area contributed by atoms with E-state index in [2.05, 4.69) is 15.0 Å². The van der Waals surface area contributed by atoms with Gasteiger partial charge in [0.25, 0.3) is 5.56 Å². The van der Waals surface area contributed by atoms with Gasteiger partial charge in [-0.25, -0.2) is 4.79 Å². The van der Waals surface area contributed by atoms with Gasteiger partial charge < -0.3 is 19.7 Å². The van der Waals surface area contributed by atoms with Crippen molar-refractivity contribution >= 4 is 0 Å². The Bertz CT molecular complexity index is 738. The Kier molecular flexibility index (Phi) is 4.88. The number of aliphatic hydroxyl groups is 2. The van der Waals surface area contributed by atoms with Crippen LogP contribution in [0, 0.1) is 6.92 Å². The molecule has 1 aromatic heterocycles. The monoisotopic (exact) mass is 327 g/mol. The zero-order chi connectivity index (χ0) is 17.2. The molecule has 1 aliphatic heterocycles. The number of hydrogen-bond acceptors (Lipinski definition) is 7. The first-order valence-corrected chi connectivity index (χ1v) is 6.72. The minimum atomic E-state index is -1.78. The molecule has 2 rings (SSSR count). The number of azide groups is 1. The molecule has 0 unspecified atom stereocenters. The number of ether oxygens (including phenoxy) is 2. The fraction of sp³-hybridized carbons (Fsp3) is 0.667. The van der Waals surface area contributed by atoms with Crippen LogP contribution in [0.15, 0.2) is 20.9 Å². The van der Waals surface area contributed by atoms with E-state index >= 15 is 0 Å². The van der Waals surface area contributed by atoms with Gasteiger partial charge in [-0.15, -0.1) is 0 Å². The van der Waals surface area contributed by atoms with Gasteiger partial charge in [-0.2, -0.15) is 0 Å². The molecule has 0 spiro atoms. The second-order valence-electron chi connectivity index (χ2n) is 5.29. The number of aromatic nitrogens is 2. The first-order valence-electron chi connectivity index (χ1n) is 6.72. The smallest absolute Gasteiger partial charge is 0.330 e. The zero-order valence-electron chi connectivity index (χ0n) is 12.5. The molecule has 0 aliphatic carbocycles. The lowest BCUT2D eigenvalue weighted by Crippen LogP contribution is -2.49. The maximum absolute atomic E-state index is 12.0. The summed E-state index contributed by atoms with van der Waals surface area (Å²) >= 11 is 0. The lowest BCUT2D eigenvalue weighted by molar-refractivity contribution is -0.0753. The highest BCUT2D eigenvalue weighted by molar-refractivity contribution is 5.06. The second-order valence-corrected chi connectivity index (χ2v) is 5.29. The predicted molar refractivity (Wildman–Crippen MR) is 76.8 cm³/mol. The Labute approximate surface area is 129 Å². The Balaban J connectivity index is 2.49. The van der Waals surface area contributed by atoms with Crippen LogP contribution in [0.2, 0.25) is 0 Å². The molecule has 4 atom stereocenters. The average molecular weight is 327 g/mol. The Morgan fingerprint density at radius 2 is 2.39 bits per heavy atom. The van der Waals surface area contributed by atoms with Crippen LogP contribution < -0.4 is 11.2 Å². The Morgan fingerprint density at radius 3 is 2.96 bits per heavy atom. The number of aromatic amines is 1. The first kappa shape index (κ1) is 17.2. The van der Waals surface area contributed by atoms with Crippen molar-refractivity contribution < 1.29 is 19.7 Å². The van der Waals surface area contributed by atoms with Crippen LogP contribution in [0.3, 0.4) is 0 Å². The minimum Gasteiger partial charge on any atom is -0.393 e. The molecule has 11 nitrogen and oxygen atoms in total. The molecule has 0 amide bonds. The Morgan fingerprint density at radius 1 is 1.70 bits per heavy atom. The molecule has 23 heavy (non-hydrogen) atoms. The fourth-order valence-electron chi connectivity index (χ4n) is 2.51. The quantitative estimate of drug-likeness (QED) is 0.349. The number of nitrogens with zero attached hydrogens (tertiary/aromatic N) is 4. The highest BCUT2D eigenvalue weighted by Gasteiger charge is 2.51. The summed E-state index contributed by atoms with van der Waals surface area (Å²) in [4.78, 5) is 28.2. The second kappa shape index (κ2) is 6.52. The van der Waals surface area contributed by atoms with Crippen LogP contribution >= 0.6 is 0 Å². The van der Waals surface area contributed by atoms with Gasteiger partial charge in [0.1, 0.15) is 17.7 Å². The van der Waals surface area contributed by atoms with Crippen molar-refractivity contribution in [2.45, 2.75) is 30.9 Å². The van der Waals surface area contributed by atoms with Crippen LogP contribution in [0.4, 0.5) is 0 Å². The maximum atomic E-state index is 12.0. The van der Waals surface area contributed by atoms with Gasteiger partial charge in [0.2, 0.25) is 0 Å². The molecule has 2 heterocycles. The van der Waals surface area contributed by atoms with Crippen molar-refractivity contribution in [3.05, 3.63) is 43.0 Å². The standard InChI is InChI=1S/C12H17N5O6/c1-6-3-17(11(20)14-9(6)19)10(22-2)7-8(15-16-13)12(21,4-18)5-23-7/h3,7-8,10,18,21H,4-5H2,1-2H3,(H,14,19,20)/t7-,8+,10+,12+/m1/s1. The lowest BCUT2D eigenvalue weighted by Gasteiger charge is -2.29. The molecular formula is C12H17N5O6. The van der Waals surface area contributed by atoms with Crippen molar-refractivity contribution in [1.29, 1.82) is 0 Å². The average Bonchev–Trinajstić information content (AvgIpc) is 2.84. The summed E-state index contributed by atoms with van der Waals surface area (Å²) in [6.07, 6.45) is -0.826. The van der Waals surface area contributed by atoms with Gasteiger partial charge in [0.15, 0.2) is 6.23 Å². The third-order valence-corrected chi connectivity index (χ3v) is 3.78. The van der Waals surface area contributed by atoms with Crippen molar-refractivity contribution in [2.24, 2.45) is 5.11 Å². The van der Waals surface area contributed by atoms with Crippen molar-refractivity contribution in [3.8, 4) is 0 Å². The third-order valence-electron chi connectivity index (χ3n) is 3.78. The van der Waals surface area contributed by atoms with Crippen LogP contribution in [0.25, 0.3) is 10.4 Å². The van der Waals surface area contributed by atoms with E-state index in [0.29, 0.717) is 0 Å². The van der Waals surface area contributed by atoms with E-state index in [9.17, 15) is 19.8 Å². The molecule has 3 N–H and O–H groups in total. The molecular weight excluding hydrogens is 310 g/mol. The number of rotatable bonds is 5. The molecule has 11 heteroatoms. The van der Waals surface area contributed by atoms with Gasteiger partial charge in [0, 0.05) is 23.8 Å². The minimum absolute atomic E-state index is 0.266. The molecule has 1 aliphatic rings. The van der Waals surface area contributed by atoms with Gasteiger partial charge in [-0.1, -0.05) is 5.11 Å².